The molecule has 41 heavy (non-hydrogen) atoms. The predicted octanol–water partition coefficient (Wildman–Crippen LogP) is 5.87. The highest BCUT2D eigenvalue weighted by atomic mass is 35.5. The first-order valence-corrected chi connectivity index (χ1v) is 13.1. The Morgan fingerprint density at radius 2 is 1.98 bits per heavy atom. The van der Waals surface area contributed by atoms with Crippen molar-refractivity contribution in [3.63, 3.8) is 0 Å². The number of anilines is 2. The Hall–Kier alpha value is -4.90. The van der Waals surface area contributed by atoms with Gasteiger partial charge >= 0.3 is 6.01 Å². The molecule has 4 heterocycles. The number of carbonyl (C=O) groups excluding carboxylic acids is 1. The Bertz CT molecular complexity index is 1870. The molecule has 0 radical (unpaired) electrons. The number of carbonyl (C=O) groups is 1. The summed E-state index contributed by atoms with van der Waals surface area (Å²) in [6.07, 6.45) is 4.82. The van der Waals surface area contributed by atoms with Crippen LogP contribution in [0.5, 0.6) is 11.8 Å². The number of benzene rings is 1. The summed E-state index contributed by atoms with van der Waals surface area (Å²) in [6, 6.07) is 9.91. The molecule has 4 aromatic heterocycles. The topological polar surface area (TPSA) is 134 Å². The molecule has 5 aromatic rings. The highest BCUT2D eigenvalue weighted by molar-refractivity contribution is 6.34. The SMILES string of the molecule is C=C(C(=O)Nc1ccc(-c2c(-c3ccc(Oc4nccc(C)n4)c(F)n3)c3c(N)ncnc3n2C)c(Cl)c1)C1CC1. The normalized spacial score (nSPS) is 12.9. The molecule has 0 bridgehead atoms. The van der Waals surface area contributed by atoms with Crippen LogP contribution < -0.4 is 15.8 Å². The Morgan fingerprint density at radius 1 is 1.17 bits per heavy atom. The van der Waals surface area contributed by atoms with Crippen molar-refractivity contribution in [2.45, 2.75) is 19.8 Å². The summed E-state index contributed by atoms with van der Waals surface area (Å²) in [5, 5.41) is 3.69. The van der Waals surface area contributed by atoms with E-state index in [0.29, 0.717) is 49.8 Å². The highest BCUT2D eigenvalue weighted by Gasteiger charge is 2.29. The lowest BCUT2D eigenvalue weighted by molar-refractivity contribution is -0.113. The van der Waals surface area contributed by atoms with Crippen molar-refractivity contribution in [2.75, 3.05) is 11.1 Å². The average molecular weight is 571 g/mol. The summed E-state index contributed by atoms with van der Waals surface area (Å²) in [6.45, 7) is 5.68. The van der Waals surface area contributed by atoms with Gasteiger partial charge in [0.25, 0.3) is 11.9 Å². The molecule has 1 amide bonds. The number of nitrogens with one attached hydrogen (secondary N) is 1. The molecule has 1 fully saturated rings. The van der Waals surface area contributed by atoms with Crippen LogP contribution in [-0.4, -0.2) is 35.4 Å². The number of rotatable bonds is 7. The van der Waals surface area contributed by atoms with Crippen LogP contribution in [0.15, 0.2) is 61.1 Å². The van der Waals surface area contributed by atoms with Gasteiger partial charge in [0.05, 0.1) is 21.8 Å². The maximum Gasteiger partial charge on any atom is 0.322 e. The monoisotopic (exact) mass is 570 g/mol. The summed E-state index contributed by atoms with van der Waals surface area (Å²) in [5.74, 6) is -0.810. The molecule has 0 aliphatic heterocycles. The Morgan fingerprint density at radius 3 is 2.68 bits per heavy atom. The molecule has 0 unspecified atom stereocenters. The molecule has 0 spiro atoms. The van der Waals surface area contributed by atoms with E-state index in [2.05, 4.69) is 36.8 Å². The maximum absolute atomic E-state index is 15.3. The van der Waals surface area contributed by atoms with Crippen LogP contribution in [-0.2, 0) is 11.8 Å². The van der Waals surface area contributed by atoms with E-state index in [1.54, 1.807) is 48.9 Å². The number of ether oxygens (including phenoxy) is 1. The van der Waals surface area contributed by atoms with Crippen LogP contribution in [0.3, 0.4) is 0 Å². The van der Waals surface area contributed by atoms with Gasteiger partial charge in [0, 0.05) is 41.3 Å². The lowest BCUT2D eigenvalue weighted by atomic mass is 10.0. The highest BCUT2D eigenvalue weighted by Crippen LogP contribution is 2.44. The van der Waals surface area contributed by atoms with Gasteiger partial charge < -0.3 is 20.4 Å². The van der Waals surface area contributed by atoms with Gasteiger partial charge in [-0.2, -0.15) is 4.39 Å². The van der Waals surface area contributed by atoms with Gasteiger partial charge in [-0.15, -0.1) is 0 Å². The molecular weight excluding hydrogens is 547 g/mol. The number of nitrogens with zero attached hydrogens (tertiary/aromatic N) is 6. The van der Waals surface area contributed by atoms with E-state index in [4.69, 9.17) is 22.1 Å². The van der Waals surface area contributed by atoms with Crippen LogP contribution in [0.4, 0.5) is 15.9 Å². The second kappa shape index (κ2) is 10.3. The first kappa shape index (κ1) is 26.3. The van der Waals surface area contributed by atoms with Crippen LogP contribution in [0.25, 0.3) is 33.5 Å². The zero-order chi connectivity index (χ0) is 28.8. The Kier molecular flexibility index (Phi) is 6.58. The number of nitrogen functional groups attached to an aromatic ring is 1. The van der Waals surface area contributed by atoms with Crippen molar-refractivity contribution in [3.05, 3.63) is 77.7 Å². The van der Waals surface area contributed by atoms with Crippen LogP contribution in [0, 0.1) is 18.8 Å². The molecule has 1 aromatic carbocycles. The fourth-order valence-corrected chi connectivity index (χ4v) is 4.93. The van der Waals surface area contributed by atoms with Crippen molar-refractivity contribution in [2.24, 2.45) is 13.0 Å². The van der Waals surface area contributed by atoms with Crippen molar-refractivity contribution in [3.8, 4) is 34.3 Å². The van der Waals surface area contributed by atoms with Crippen molar-refractivity contribution >= 4 is 40.0 Å². The maximum atomic E-state index is 15.3. The van der Waals surface area contributed by atoms with E-state index in [1.165, 1.54) is 18.6 Å². The lowest BCUT2D eigenvalue weighted by Crippen LogP contribution is -2.14. The van der Waals surface area contributed by atoms with E-state index in [1.807, 2.05) is 0 Å². The molecule has 12 heteroatoms. The van der Waals surface area contributed by atoms with E-state index in [-0.39, 0.29) is 35.1 Å². The number of aryl methyl sites for hydroxylation is 2. The van der Waals surface area contributed by atoms with Gasteiger partial charge in [-0.25, -0.2) is 24.9 Å². The van der Waals surface area contributed by atoms with Gasteiger partial charge in [0.1, 0.15) is 17.8 Å². The minimum absolute atomic E-state index is 0.00149. The largest absolute Gasteiger partial charge is 0.419 e. The van der Waals surface area contributed by atoms with E-state index < -0.39 is 5.95 Å². The molecule has 10 nitrogen and oxygen atoms in total. The molecule has 6 rings (SSSR count). The van der Waals surface area contributed by atoms with Crippen LogP contribution >= 0.6 is 11.6 Å². The molecule has 1 aliphatic carbocycles. The van der Waals surface area contributed by atoms with E-state index in [0.717, 1.165) is 12.8 Å². The molecule has 1 aliphatic rings. The smallest absolute Gasteiger partial charge is 0.322 e. The number of nitrogens with two attached hydrogens (primary N) is 1. The number of pyridine rings is 1. The standard InChI is InChI=1S/C29H24ClFN8O2/c1-14-10-11-33-29(36-14)41-21-9-8-20(38-25(21)31)22-23-26(32)34-13-35-27(23)39(3)24(22)18-7-6-17(12-19(18)30)37-28(40)15(2)16-4-5-16/h6-13,16H,2,4-5H2,1,3H3,(H,37,40)(H2,32,34,35). The molecule has 1 saturated carbocycles. The summed E-state index contributed by atoms with van der Waals surface area (Å²) in [5.41, 5.74) is 10.5. The summed E-state index contributed by atoms with van der Waals surface area (Å²) in [4.78, 5) is 33.5. The van der Waals surface area contributed by atoms with E-state index in [9.17, 15) is 4.79 Å². The van der Waals surface area contributed by atoms with Gasteiger partial charge in [0.2, 0.25) is 0 Å². The number of hydrogen-bond donors (Lipinski definition) is 2. The molecule has 3 N–H and O–H groups in total. The van der Waals surface area contributed by atoms with Gasteiger partial charge in [-0.05, 0) is 62.1 Å². The zero-order valence-electron chi connectivity index (χ0n) is 22.2. The third-order valence-electron chi connectivity index (χ3n) is 6.88. The summed E-state index contributed by atoms with van der Waals surface area (Å²) in [7, 11) is 1.79. The first-order chi connectivity index (χ1) is 19.7. The number of aromatic nitrogens is 6. The summed E-state index contributed by atoms with van der Waals surface area (Å²) >= 11 is 6.78. The fraction of sp³-hybridized carbons (Fsp3) is 0.172. The molecule has 0 saturated heterocycles. The van der Waals surface area contributed by atoms with Gasteiger partial charge in [0.15, 0.2) is 5.75 Å². The Balaban J connectivity index is 1.43. The number of fused-ring (bicyclic) bond motifs is 1. The minimum atomic E-state index is -0.869. The zero-order valence-corrected chi connectivity index (χ0v) is 22.9. The minimum Gasteiger partial charge on any atom is -0.419 e. The van der Waals surface area contributed by atoms with Gasteiger partial charge in [-0.1, -0.05) is 18.2 Å². The van der Waals surface area contributed by atoms with Crippen LogP contribution in [0.2, 0.25) is 5.02 Å². The molecule has 206 valence electrons. The first-order valence-electron chi connectivity index (χ1n) is 12.7. The second-order valence-corrected chi connectivity index (χ2v) is 10.2. The predicted molar refractivity (Wildman–Crippen MR) is 154 cm³/mol. The quantitative estimate of drug-likeness (QED) is 0.183. The van der Waals surface area contributed by atoms with E-state index >= 15 is 4.39 Å². The van der Waals surface area contributed by atoms with Crippen molar-refractivity contribution < 1.29 is 13.9 Å². The molecular formula is C29H24ClFN8O2. The van der Waals surface area contributed by atoms with Crippen LogP contribution in [0.1, 0.15) is 18.5 Å². The Labute approximate surface area is 239 Å². The van der Waals surface area contributed by atoms with Crippen molar-refractivity contribution in [1.82, 2.24) is 29.5 Å². The van der Waals surface area contributed by atoms with Gasteiger partial charge in [-0.3, -0.25) is 4.79 Å². The number of halogens is 2. The lowest BCUT2D eigenvalue weighted by Gasteiger charge is -2.13. The van der Waals surface area contributed by atoms with Crippen molar-refractivity contribution in [1.29, 1.82) is 0 Å². The third kappa shape index (κ3) is 4.95. The average Bonchev–Trinajstić information content (AvgIpc) is 3.74. The number of amides is 1. The fourth-order valence-electron chi connectivity index (χ4n) is 4.66. The summed E-state index contributed by atoms with van der Waals surface area (Å²) < 4.78 is 22.6. The number of hydrogen-bond acceptors (Lipinski definition) is 8. The molecule has 0 atom stereocenters. The second-order valence-electron chi connectivity index (χ2n) is 9.76. The third-order valence-corrected chi connectivity index (χ3v) is 7.20.